The summed E-state index contributed by atoms with van der Waals surface area (Å²) >= 11 is 12.2. The van der Waals surface area contributed by atoms with Crippen molar-refractivity contribution in [3.8, 4) is 11.3 Å². The van der Waals surface area contributed by atoms with Gasteiger partial charge in [0.1, 0.15) is 11.5 Å². The van der Waals surface area contributed by atoms with Crippen molar-refractivity contribution in [3.05, 3.63) is 69.9 Å². The van der Waals surface area contributed by atoms with Crippen LogP contribution in [0.3, 0.4) is 0 Å². The van der Waals surface area contributed by atoms with Crippen LogP contribution < -0.4 is 10.5 Å². The number of amides is 1. The van der Waals surface area contributed by atoms with E-state index in [1.165, 1.54) is 24.3 Å². The Bertz CT molecular complexity index is 1120. The standard InChI is InChI=1S/C18H14Cl2N2O4S/c1-10-14(9-17(26-10)15-8-11(19)2-7-16(15)20)18(23)22-12-3-5-13(6-4-12)27(21,24)25/h2-9H,1H3,(H,22,23)(H2,21,24,25). The minimum absolute atomic E-state index is 0.0436. The molecular formula is C18H14Cl2N2O4S. The minimum Gasteiger partial charge on any atom is -0.460 e. The molecule has 0 bridgehead atoms. The third-order valence-corrected chi connectivity index (χ3v) is 5.29. The van der Waals surface area contributed by atoms with Crippen LogP contribution in [0.1, 0.15) is 16.1 Å². The molecule has 0 saturated carbocycles. The van der Waals surface area contributed by atoms with Crippen LogP contribution in [0, 0.1) is 6.92 Å². The minimum atomic E-state index is -3.79. The summed E-state index contributed by atoms with van der Waals surface area (Å²) in [5.41, 5.74) is 1.30. The Morgan fingerprint density at radius 2 is 1.74 bits per heavy atom. The quantitative estimate of drug-likeness (QED) is 0.644. The van der Waals surface area contributed by atoms with E-state index < -0.39 is 15.9 Å². The fraction of sp³-hybridized carbons (Fsp3) is 0.0556. The Kier molecular flexibility index (Phi) is 5.30. The van der Waals surface area contributed by atoms with Crippen LogP contribution in [-0.4, -0.2) is 14.3 Å². The summed E-state index contributed by atoms with van der Waals surface area (Å²) in [7, 11) is -3.79. The molecular weight excluding hydrogens is 411 g/mol. The number of nitrogens with one attached hydrogen (secondary N) is 1. The molecule has 0 atom stereocenters. The fourth-order valence-corrected chi connectivity index (χ4v) is 3.35. The number of nitrogens with two attached hydrogens (primary N) is 1. The van der Waals surface area contributed by atoms with Gasteiger partial charge in [-0.1, -0.05) is 23.2 Å². The number of hydrogen-bond acceptors (Lipinski definition) is 4. The molecule has 0 spiro atoms. The van der Waals surface area contributed by atoms with Gasteiger partial charge in [-0.25, -0.2) is 13.6 Å². The van der Waals surface area contributed by atoms with Gasteiger partial charge in [0.2, 0.25) is 10.0 Å². The zero-order valence-corrected chi connectivity index (χ0v) is 16.3. The summed E-state index contributed by atoms with van der Waals surface area (Å²) in [6, 6.07) is 12.0. The largest absolute Gasteiger partial charge is 0.460 e. The SMILES string of the molecule is Cc1oc(-c2cc(Cl)ccc2Cl)cc1C(=O)Nc1ccc(S(N)(=O)=O)cc1. The molecule has 9 heteroatoms. The maximum atomic E-state index is 12.5. The van der Waals surface area contributed by atoms with E-state index in [9.17, 15) is 13.2 Å². The van der Waals surface area contributed by atoms with E-state index in [2.05, 4.69) is 5.32 Å². The maximum Gasteiger partial charge on any atom is 0.259 e. The molecule has 0 radical (unpaired) electrons. The average molecular weight is 425 g/mol. The number of carbonyl (C=O) groups is 1. The molecule has 27 heavy (non-hydrogen) atoms. The number of aryl methyl sites for hydroxylation is 1. The number of hydrogen-bond donors (Lipinski definition) is 2. The van der Waals surface area contributed by atoms with Crippen molar-refractivity contribution < 1.29 is 17.6 Å². The summed E-state index contributed by atoms with van der Waals surface area (Å²) in [6.07, 6.45) is 0. The average Bonchev–Trinajstić information content (AvgIpc) is 2.98. The van der Waals surface area contributed by atoms with Gasteiger partial charge in [0.25, 0.3) is 5.91 Å². The first kappa shape index (κ1) is 19.4. The summed E-state index contributed by atoms with van der Waals surface area (Å²) in [4.78, 5) is 12.5. The summed E-state index contributed by atoms with van der Waals surface area (Å²) < 4.78 is 28.2. The van der Waals surface area contributed by atoms with E-state index in [1.807, 2.05) is 0 Å². The topological polar surface area (TPSA) is 102 Å². The molecule has 1 heterocycles. The molecule has 140 valence electrons. The van der Waals surface area contributed by atoms with Gasteiger partial charge < -0.3 is 9.73 Å². The molecule has 0 aliphatic rings. The molecule has 0 fully saturated rings. The molecule has 6 nitrogen and oxygen atoms in total. The van der Waals surface area contributed by atoms with E-state index in [1.54, 1.807) is 31.2 Å². The zero-order chi connectivity index (χ0) is 19.8. The van der Waals surface area contributed by atoms with Gasteiger partial charge in [0.05, 0.1) is 15.5 Å². The molecule has 1 amide bonds. The van der Waals surface area contributed by atoms with E-state index in [0.717, 1.165) is 0 Å². The van der Waals surface area contributed by atoms with Gasteiger partial charge in [-0.2, -0.15) is 0 Å². The molecule has 2 aromatic carbocycles. The highest BCUT2D eigenvalue weighted by Gasteiger charge is 2.18. The first-order valence-electron chi connectivity index (χ1n) is 7.65. The van der Waals surface area contributed by atoms with Gasteiger partial charge >= 0.3 is 0 Å². The van der Waals surface area contributed by atoms with Crippen molar-refractivity contribution in [2.75, 3.05) is 5.32 Å². The number of benzene rings is 2. The lowest BCUT2D eigenvalue weighted by atomic mass is 10.1. The molecule has 3 aromatic rings. The van der Waals surface area contributed by atoms with E-state index in [-0.39, 0.29) is 4.90 Å². The Balaban J connectivity index is 1.86. The number of furan rings is 1. The van der Waals surface area contributed by atoms with E-state index >= 15 is 0 Å². The first-order chi connectivity index (χ1) is 12.6. The molecule has 0 unspecified atom stereocenters. The lowest BCUT2D eigenvalue weighted by Gasteiger charge is -2.05. The number of primary sulfonamides is 1. The molecule has 0 saturated heterocycles. The van der Waals surface area contributed by atoms with Crippen LogP contribution in [0.4, 0.5) is 5.69 Å². The highest BCUT2D eigenvalue weighted by Crippen LogP contribution is 2.33. The highest BCUT2D eigenvalue weighted by atomic mass is 35.5. The van der Waals surface area contributed by atoms with Crippen molar-refractivity contribution >= 4 is 44.8 Å². The van der Waals surface area contributed by atoms with Crippen LogP contribution in [0.2, 0.25) is 10.0 Å². The molecule has 3 N–H and O–H groups in total. The number of carbonyl (C=O) groups excluding carboxylic acids is 1. The fourth-order valence-electron chi connectivity index (χ4n) is 2.45. The molecule has 3 rings (SSSR count). The number of rotatable bonds is 4. The van der Waals surface area contributed by atoms with Crippen LogP contribution in [0.25, 0.3) is 11.3 Å². The van der Waals surface area contributed by atoms with Crippen molar-refractivity contribution in [2.24, 2.45) is 5.14 Å². The van der Waals surface area contributed by atoms with Gasteiger partial charge in [0, 0.05) is 16.3 Å². The third-order valence-electron chi connectivity index (χ3n) is 3.80. The van der Waals surface area contributed by atoms with Gasteiger partial charge in [-0.05, 0) is 55.5 Å². The van der Waals surface area contributed by atoms with E-state index in [0.29, 0.717) is 38.4 Å². The first-order valence-corrected chi connectivity index (χ1v) is 9.95. The van der Waals surface area contributed by atoms with E-state index in [4.69, 9.17) is 32.8 Å². The molecule has 0 aliphatic carbocycles. The van der Waals surface area contributed by atoms with Crippen molar-refractivity contribution in [1.82, 2.24) is 0 Å². The van der Waals surface area contributed by atoms with Gasteiger partial charge in [0.15, 0.2) is 0 Å². The van der Waals surface area contributed by atoms with Crippen molar-refractivity contribution in [3.63, 3.8) is 0 Å². The molecule has 1 aromatic heterocycles. The second-order valence-electron chi connectivity index (χ2n) is 5.73. The Morgan fingerprint density at radius 3 is 2.37 bits per heavy atom. The molecule has 0 aliphatic heterocycles. The normalized spacial score (nSPS) is 11.4. The second kappa shape index (κ2) is 7.36. The predicted octanol–water partition coefficient (Wildman–Crippen LogP) is 4.46. The summed E-state index contributed by atoms with van der Waals surface area (Å²) in [5.74, 6) is 0.401. The van der Waals surface area contributed by atoms with Crippen molar-refractivity contribution in [1.29, 1.82) is 0 Å². The Hall–Kier alpha value is -2.32. The second-order valence-corrected chi connectivity index (χ2v) is 8.13. The third kappa shape index (κ3) is 4.33. The Morgan fingerprint density at radius 1 is 1.07 bits per heavy atom. The van der Waals surface area contributed by atoms with Crippen molar-refractivity contribution in [2.45, 2.75) is 11.8 Å². The predicted molar refractivity (Wildman–Crippen MR) is 105 cm³/mol. The maximum absolute atomic E-state index is 12.5. The monoisotopic (exact) mass is 424 g/mol. The van der Waals surface area contributed by atoms with Gasteiger partial charge in [-0.15, -0.1) is 0 Å². The number of halogens is 2. The van der Waals surface area contributed by atoms with Crippen LogP contribution >= 0.6 is 23.2 Å². The van der Waals surface area contributed by atoms with Crippen LogP contribution in [0.5, 0.6) is 0 Å². The Labute approximate surface area is 165 Å². The van der Waals surface area contributed by atoms with Gasteiger partial charge in [-0.3, -0.25) is 4.79 Å². The smallest absolute Gasteiger partial charge is 0.259 e. The summed E-state index contributed by atoms with van der Waals surface area (Å²) in [6.45, 7) is 1.65. The lowest BCUT2D eigenvalue weighted by molar-refractivity contribution is 0.102. The van der Waals surface area contributed by atoms with Crippen LogP contribution in [-0.2, 0) is 10.0 Å². The number of sulfonamides is 1. The van der Waals surface area contributed by atoms with Crippen LogP contribution in [0.15, 0.2) is 57.8 Å². The highest BCUT2D eigenvalue weighted by molar-refractivity contribution is 7.89. The summed E-state index contributed by atoms with van der Waals surface area (Å²) in [5, 5.41) is 8.66. The lowest BCUT2D eigenvalue weighted by Crippen LogP contribution is -2.14. The number of anilines is 1. The zero-order valence-electron chi connectivity index (χ0n) is 14.0.